The molecule has 0 saturated carbocycles. The van der Waals surface area contributed by atoms with Crippen LogP contribution in [0.25, 0.3) is 5.69 Å². The van der Waals surface area contributed by atoms with Gasteiger partial charge in [0.05, 0.1) is 5.25 Å². The highest BCUT2D eigenvalue weighted by molar-refractivity contribution is 8.00. The Morgan fingerprint density at radius 3 is 2.23 bits per heavy atom. The van der Waals surface area contributed by atoms with Gasteiger partial charge in [-0.1, -0.05) is 92.7 Å². The average Bonchev–Trinajstić information content (AvgIpc) is 3.25. The lowest BCUT2D eigenvalue weighted by molar-refractivity contribution is 0.0994. The number of nitrogens with zero attached hydrogens (tertiary/aromatic N) is 3. The minimum absolute atomic E-state index is 0.0642. The molecule has 0 unspecified atom stereocenters. The number of para-hydroxylation sites is 1. The van der Waals surface area contributed by atoms with Crippen molar-refractivity contribution in [3.63, 3.8) is 0 Å². The van der Waals surface area contributed by atoms with Gasteiger partial charge >= 0.3 is 0 Å². The number of hydrogen-bond acceptors (Lipinski definition) is 5. The Morgan fingerprint density at radius 1 is 0.943 bits per heavy atom. The Balaban J connectivity index is 1.55. The second-order valence-electron chi connectivity index (χ2n) is 9.62. The topological polar surface area (TPSA) is 57.0 Å². The highest BCUT2D eigenvalue weighted by Gasteiger charge is 2.22. The molecule has 0 aliphatic rings. The third-order valence-corrected chi connectivity index (χ3v) is 6.83. The summed E-state index contributed by atoms with van der Waals surface area (Å²) in [4.78, 5) is 13.0. The molecule has 35 heavy (non-hydrogen) atoms. The molecular formula is C29H31N3O2S. The largest absolute Gasteiger partial charge is 0.486 e. The van der Waals surface area contributed by atoms with Gasteiger partial charge in [-0.15, -0.1) is 10.2 Å². The molecule has 0 radical (unpaired) electrons. The van der Waals surface area contributed by atoms with E-state index in [1.54, 1.807) is 0 Å². The lowest BCUT2D eigenvalue weighted by Crippen LogP contribution is -2.15. The molecule has 6 heteroatoms. The minimum Gasteiger partial charge on any atom is -0.486 e. The molecule has 4 rings (SSSR count). The molecule has 0 N–H and O–H groups in total. The second-order valence-corrected chi connectivity index (χ2v) is 10.9. The molecule has 180 valence electrons. The fourth-order valence-corrected chi connectivity index (χ4v) is 4.63. The van der Waals surface area contributed by atoms with E-state index >= 15 is 0 Å². The van der Waals surface area contributed by atoms with Gasteiger partial charge in [-0.25, -0.2) is 0 Å². The van der Waals surface area contributed by atoms with Crippen molar-refractivity contribution in [1.82, 2.24) is 14.8 Å². The predicted molar refractivity (Wildman–Crippen MR) is 142 cm³/mol. The normalized spacial score (nSPS) is 12.4. The van der Waals surface area contributed by atoms with Crippen molar-refractivity contribution in [2.24, 2.45) is 0 Å². The number of carbonyl (C=O) groups is 1. The first-order valence-corrected chi connectivity index (χ1v) is 12.6. The Hall–Kier alpha value is -3.38. The summed E-state index contributed by atoms with van der Waals surface area (Å²) < 4.78 is 8.03. The first kappa shape index (κ1) is 24.7. The molecule has 4 aromatic rings. The van der Waals surface area contributed by atoms with Gasteiger partial charge in [0.25, 0.3) is 0 Å². The van der Waals surface area contributed by atoms with Crippen molar-refractivity contribution >= 4 is 17.5 Å². The Morgan fingerprint density at radius 2 is 1.60 bits per heavy atom. The van der Waals surface area contributed by atoms with Crippen LogP contribution in [0.1, 0.15) is 55.0 Å². The van der Waals surface area contributed by atoms with Crippen LogP contribution in [0.4, 0.5) is 0 Å². The van der Waals surface area contributed by atoms with Crippen molar-refractivity contribution in [3.05, 3.63) is 101 Å². The first-order chi connectivity index (χ1) is 16.7. The van der Waals surface area contributed by atoms with Gasteiger partial charge in [0.2, 0.25) is 0 Å². The van der Waals surface area contributed by atoms with Gasteiger partial charge in [0.15, 0.2) is 16.8 Å². The van der Waals surface area contributed by atoms with Crippen LogP contribution in [0.15, 0.2) is 84.0 Å². The van der Waals surface area contributed by atoms with Gasteiger partial charge in [0, 0.05) is 11.3 Å². The van der Waals surface area contributed by atoms with Crippen molar-refractivity contribution in [1.29, 1.82) is 0 Å². The monoisotopic (exact) mass is 485 g/mol. The van der Waals surface area contributed by atoms with Crippen LogP contribution in [-0.2, 0) is 12.0 Å². The van der Waals surface area contributed by atoms with E-state index in [1.165, 1.54) is 17.3 Å². The summed E-state index contributed by atoms with van der Waals surface area (Å²) in [6, 6.07) is 25.8. The van der Waals surface area contributed by atoms with Crippen LogP contribution in [0.5, 0.6) is 5.75 Å². The maximum atomic E-state index is 13.0. The Bertz CT molecular complexity index is 1270. The van der Waals surface area contributed by atoms with Crippen molar-refractivity contribution in [2.45, 2.75) is 57.0 Å². The number of carbonyl (C=O) groups excluding carboxylic acids is 1. The van der Waals surface area contributed by atoms with E-state index in [-0.39, 0.29) is 23.1 Å². The van der Waals surface area contributed by atoms with E-state index in [0.717, 1.165) is 17.0 Å². The summed E-state index contributed by atoms with van der Waals surface area (Å²) in [5.74, 6) is 1.51. The summed E-state index contributed by atoms with van der Waals surface area (Å²) in [6.07, 6.45) is 0. The van der Waals surface area contributed by atoms with Gasteiger partial charge < -0.3 is 4.74 Å². The van der Waals surface area contributed by atoms with E-state index in [1.807, 2.05) is 85.1 Å². The number of Topliss-reactive ketones (excluding diaryl/α,β-unsaturated/α-hetero) is 1. The summed E-state index contributed by atoms with van der Waals surface area (Å²) in [7, 11) is 0. The summed E-state index contributed by atoms with van der Waals surface area (Å²) in [5.41, 5.74) is 4.09. The number of hydrogen-bond donors (Lipinski definition) is 0. The fourth-order valence-electron chi connectivity index (χ4n) is 3.67. The van der Waals surface area contributed by atoms with Crippen LogP contribution in [0.3, 0.4) is 0 Å². The van der Waals surface area contributed by atoms with Crippen molar-refractivity contribution in [2.75, 3.05) is 0 Å². The zero-order valence-electron chi connectivity index (χ0n) is 20.9. The number of aryl methyl sites for hydroxylation is 1. The number of rotatable bonds is 8. The smallest absolute Gasteiger partial charge is 0.196 e. The minimum atomic E-state index is -0.317. The molecule has 3 aromatic carbocycles. The third kappa shape index (κ3) is 6.01. The Kier molecular flexibility index (Phi) is 7.41. The van der Waals surface area contributed by atoms with E-state index in [4.69, 9.17) is 4.74 Å². The van der Waals surface area contributed by atoms with E-state index < -0.39 is 0 Å². The zero-order valence-corrected chi connectivity index (χ0v) is 21.7. The molecule has 0 saturated heterocycles. The third-order valence-electron chi connectivity index (χ3n) is 5.79. The van der Waals surface area contributed by atoms with Crippen LogP contribution in [0.2, 0.25) is 0 Å². The summed E-state index contributed by atoms with van der Waals surface area (Å²) >= 11 is 1.40. The van der Waals surface area contributed by atoms with Gasteiger partial charge in [-0.3, -0.25) is 9.36 Å². The molecule has 5 nitrogen and oxygen atoms in total. The second kappa shape index (κ2) is 10.5. The summed E-state index contributed by atoms with van der Waals surface area (Å²) in [5, 5.41) is 9.18. The number of thioether (sulfide) groups is 1. The number of benzene rings is 3. The highest BCUT2D eigenvalue weighted by Crippen LogP contribution is 2.29. The van der Waals surface area contributed by atoms with E-state index in [2.05, 4.69) is 43.1 Å². The van der Waals surface area contributed by atoms with Crippen molar-refractivity contribution in [3.8, 4) is 11.4 Å². The molecule has 0 aliphatic carbocycles. The highest BCUT2D eigenvalue weighted by atomic mass is 32.2. The van der Waals surface area contributed by atoms with E-state index in [9.17, 15) is 4.79 Å². The maximum absolute atomic E-state index is 13.0. The molecule has 1 heterocycles. The molecule has 1 atom stereocenters. The number of aromatic nitrogens is 3. The van der Waals surface area contributed by atoms with Gasteiger partial charge in [-0.05, 0) is 49.1 Å². The maximum Gasteiger partial charge on any atom is 0.196 e. The predicted octanol–water partition coefficient (Wildman–Crippen LogP) is 6.82. The molecule has 0 amide bonds. The van der Waals surface area contributed by atoms with Gasteiger partial charge in [0.1, 0.15) is 12.4 Å². The number of ketones is 1. The van der Waals surface area contributed by atoms with Crippen LogP contribution < -0.4 is 4.74 Å². The van der Waals surface area contributed by atoms with Gasteiger partial charge in [-0.2, -0.15) is 0 Å². The Labute approximate surface area is 211 Å². The van der Waals surface area contributed by atoms with Crippen LogP contribution in [0, 0.1) is 6.92 Å². The average molecular weight is 486 g/mol. The molecular weight excluding hydrogens is 454 g/mol. The molecule has 0 spiro atoms. The van der Waals surface area contributed by atoms with E-state index in [0.29, 0.717) is 16.5 Å². The molecule has 0 aliphatic heterocycles. The standard InChI is InChI=1S/C29H31N3O2S/c1-20-11-13-22(14-12-20)27(33)21(2)35-28-31-30-26(32(28)24-9-7-6-8-10-24)19-34-25-17-15-23(16-18-25)29(3,4)5/h6-18,21H,19H2,1-5H3/t21-/m1/s1. The zero-order chi connectivity index (χ0) is 25.0. The molecule has 1 aromatic heterocycles. The lowest BCUT2D eigenvalue weighted by atomic mass is 9.87. The van der Waals surface area contributed by atoms with Crippen LogP contribution >= 0.6 is 11.8 Å². The molecule has 0 fully saturated rings. The fraction of sp³-hybridized carbons (Fsp3) is 0.276. The summed E-state index contributed by atoms with van der Waals surface area (Å²) in [6.45, 7) is 10.7. The van der Waals surface area contributed by atoms with Crippen molar-refractivity contribution < 1.29 is 9.53 Å². The first-order valence-electron chi connectivity index (χ1n) is 11.7. The number of ether oxygens (including phenoxy) is 1. The van der Waals surface area contributed by atoms with Crippen LogP contribution in [-0.4, -0.2) is 25.8 Å². The SMILES string of the molecule is Cc1ccc(C(=O)[C@@H](C)Sc2nnc(COc3ccc(C(C)(C)C)cc3)n2-c2ccccc2)cc1. The lowest BCUT2D eigenvalue weighted by Gasteiger charge is -2.19. The molecule has 0 bridgehead atoms. The quantitative estimate of drug-likeness (QED) is 0.203.